The van der Waals surface area contributed by atoms with E-state index in [4.69, 9.17) is 9.82 Å². The van der Waals surface area contributed by atoms with Crippen LogP contribution in [0, 0.1) is 6.92 Å². The second-order valence-corrected chi connectivity index (χ2v) is 10.9. The zero-order valence-corrected chi connectivity index (χ0v) is 21.8. The van der Waals surface area contributed by atoms with E-state index in [0.29, 0.717) is 23.8 Å². The molecule has 1 fully saturated rings. The first kappa shape index (κ1) is 25.7. The van der Waals surface area contributed by atoms with Gasteiger partial charge in [-0.05, 0) is 52.7 Å². The second kappa shape index (κ2) is 10.6. The summed E-state index contributed by atoms with van der Waals surface area (Å²) >= 11 is 1.38. The number of aromatic nitrogens is 3. The number of hydrogen-bond acceptors (Lipinski definition) is 8. The molecule has 1 aliphatic heterocycles. The van der Waals surface area contributed by atoms with Crippen molar-refractivity contribution in [1.29, 1.82) is 0 Å². The van der Waals surface area contributed by atoms with E-state index in [0.717, 1.165) is 34.9 Å². The first-order chi connectivity index (χ1) is 16.0. The van der Waals surface area contributed by atoms with Gasteiger partial charge in [0.25, 0.3) is 11.8 Å². The van der Waals surface area contributed by atoms with Crippen molar-refractivity contribution in [3.05, 3.63) is 34.1 Å². The molecule has 10 heteroatoms. The lowest BCUT2D eigenvalue weighted by atomic mass is 9.89. The van der Waals surface area contributed by atoms with E-state index in [-0.39, 0.29) is 23.1 Å². The molecule has 0 radical (unpaired) electrons. The number of carbonyl (C=O) groups excluding carboxylic acids is 2. The number of amides is 2. The van der Waals surface area contributed by atoms with Crippen LogP contribution in [0.2, 0.25) is 0 Å². The maximum Gasteiger partial charge on any atom is 0.266 e. The molecule has 1 N–H and O–H groups in total. The average Bonchev–Trinajstić information content (AvgIpc) is 3.26. The summed E-state index contributed by atoms with van der Waals surface area (Å²) in [6.07, 6.45) is 0.811. The first-order valence-corrected chi connectivity index (χ1v) is 12.4. The summed E-state index contributed by atoms with van der Waals surface area (Å²) in [7, 11) is 0. The van der Waals surface area contributed by atoms with E-state index in [9.17, 15) is 9.59 Å². The second-order valence-electron chi connectivity index (χ2n) is 9.89. The number of oxime groups is 1. The van der Waals surface area contributed by atoms with Gasteiger partial charge in [-0.3, -0.25) is 19.9 Å². The van der Waals surface area contributed by atoms with Crippen LogP contribution in [0.15, 0.2) is 17.3 Å². The van der Waals surface area contributed by atoms with E-state index in [1.54, 1.807) is 11.8 Å². The Kier molecular flexibility index (Phi) is 8.01. The summed E-state index contributed by atoms with van der Waals surface area (Å²) in [4.78, 5) is 37.6. The number of likely N-dealkylation sites (tertiary alicyclic amines) is 1. The fraction of sp³-hybridized carbons (Fsp3) is 0.583. The van der Waals surface area contributed by atoms with Gasteiger partial charge in [-0.15, -0.1) is 10.2 Å². The molecule has 184 valence electrons. The number of hydrogen-bond donors (Lipinski definition) is 1. The third kappa shape index (κ3) is 6.37. The molecule has 34 heavy (non-hydrogen) atoms. The summed E-state index contributed by atoms with van der Waals surface area (Å²) in [5.41, 5.74) is 2.78. The highest BCUT2D eigenvalue weighted by molar-refractivity contribution is 7.15. The van der Waals surface area contributed by atoms with E-state index in [1.807, 2.05) is 32.9 Å². The lowest BCUT2D eigenvalue weighted by Gasteiger charge is -2.33. The normalized spacial score (nSPS) is 15.6. The Balaban J connectivity index is 1.70. The van der Waals surface area contributed by atoms with Gasteiger partial charge in [-0.1, -0.05) is 37.3 Å². The third-order valence-corrected chi connectivity index (χ3v) is 6.79. The molecule has 2 aromatic heterocycles. The standard InChI is InChI=1S/C24H34N6O3S/c1-14(2)29-33-16(4)21(32)30-12-10-17(11-13-30)19-18(9-8-15(3)25-19)20(31)26-23-28-27-22(34-23)24(5,6)7/h8-9,16-17H,10-13H2,1-7H3,(H,26,28,31). The Bertz CT molecular complexity index is 1060. The molecule has 0 aromatic carbocycles. The van der Waals surface area contributed by atoms with Gasteiger partial charge in [0.2, 0.25) is 11.2 Å². The van der Waals surface area contributed by atoms with Gasteiger partial charge >= 0.3 is 0 Å². The fourth-order valence-electron chi connectivity index (χ4n) is 3.68. The van der Waals surface area contributed by atoms with Gasteiger partial charge < -0.3 is 9.74 Å². The highest BCUT2D eigenvalue weighted by atomic mass is 32.1. The van der Waals surface area contributed by atoms with E-state index >= 15 is 0 Å². The number of nitrogens with one attached hydrogen (secondary N) is 1. The Hall–Kier alpha value is -2.88. The van der Waals surface area contributed by atoms with Crippen molar-refractivity contribution < 1.29 is 14.4 Å². The van der Waals surface area contributed by atoms with Crippen LogP contribution in [-0.4, -0.2) is 56.8 Å². The average molecular weight is 487 g/mol. The molecule has 0 bridgehead atoms. The summed E-state index contributed by atoms with van der Waals surface area (Å²) < 4.78 is 0. The molecule has 2 amide bonds. The Morgan fingerprint density at radius 2 is 1.88 bits per heavy atom. The maximum atomic E-state index is 13.1. The van der Waals surface area contributed by atoms with E-state index < -0.39 is 6.10 Å². The summed E-state index contributed by atoms with van der Waals surface area (Å²) in [6.45, 7) is 14.6. The van der Waals surface area contributed by atoms with Crippen LogP contribution in [0.5, 0.6) is 0 Å². The molecule has 1 atom stereocenters. The van der Waals surface area contributed by atoms with Gasteiger partial charge in [0, 0.05) is 30.1 Å². The van der Waals surface area contributed by atoms with Crippen LogP contribution in [0.4, 0.5) is 5.13 Å². The Morgan fingerprint density at radius 3 is 2.47 bits per heavy atom. The summed E-state index contributed by atoms with van der Waals surface area (Å²) in [6, 6.07) is 3.66. The minimum atomic E-state index is -0.630. The highest BCUT2D eigenvalue weighted by Crippen LogP contribution is 2.31. The van der Waals surface area contributed by atoms with Gasteiger partial charge in [0.05, 0.1) is 17.0 Å². The minimum Gasteiger partial charge on any atom is -0.383 e. The lowest BCUT2D eigenvalue weighted by molar-refractivity contribution is -0.143. The number of piperidine rings is 1. The highest BCUT2D eigenvalue weighted by Gasteiger charge is 2.31. The smallest absolute Gasteiger partial charge is 0.266 e. The van der Waals surface area contributed by atoms with Crippen molar-refractivity contribution in [3.63, 3.8) is 0 Å². The molecule has 9 nitrogen and oxygen atoms in total. The monoisotopic (exact) mass is 486 g/mol. The van der Waals surface area contributed by atoms with Crippen molar-refractivity contribution in [3.8, 4) is 0 Å². The Labute approximate surface area is 205 Å². The molecule has 3 heterocycles. The summed E-state index contributed by atoms with van der Waals surface area (Å²) in [5.74, 6) is -0.242. The predicted molar refractivity (Wildman–Crippen MR) is 133 cm³/mol. The van der Waals surface area contributed by atoms with Crippen LogP contribution in [0.25, 0.3) is 0 Å². The maximum absolute atomic E-state index is 13.1. The van der Waals surface area contributed by atoms with Crippen LogP contribution in [-0.2, 0) is 15.0 Å². The molecular weight excluding hydrogens is 452 g/mol. The zero-order valence-electron chi connectivity index (χ0n) is 21.0. The number of aryl methyl sites for hydroxylation is 1. The van der Waals surface area contributed by atoms with Crippen molar-refractivity contribution in [2.24, 2.45) is 5.16 Å². The van der Waals surface area contributed by atoms with Crippen LogP contribution in [0.1, 0.15) is 87.1 Å². The largest absolute Gasteiger partial charge is 0.383 e. The molecule has 3 rings (SSSR count). The summed E-state index contributed by atoms with van der Waals surface area (Å²) in [5, 5.41) is 16.5. The van der Waals surface area contributed by atoms with Crippen molar-refractivity contribution in [2.75, 3.05) is 18.4 Å². The predicted octanol–water partition coefficient (Wildman–Crippen LogP) is 4.30. The van der Waals surface area contributed by atoms with Gasteiger partial charge in [-0.25, -0.2) is 0 Å². The first-order valence-electron chi connectivity index (χ1n) is 11.5. The fourth-order valence-corrected chi connectivity index (χ4v) is 4.48. The molecule has 0 saturated carbocycles. The van der Waals surface area contributed by atoms with Crippen molar-refractivity contribution in [1.82, 2.24) is 20.1 Å². The molecule has 2 aromatic rings. The number of rotatable bonds is 6. The number of pyridine rings is 1. The number of carbonyl (C=O) groups is 2. The quantitative estimate of drug-likeness (QED) is 0.482. The molecule has 1 unspecified atom stereocenters. The molecular formula is C24H34N6O3S. The third-order valence-electron chi connectivity index (χ3n) is 5.53. The van der Waals surface area contributed by atoms with Crippen LogP contribution in [0.3, 0.4) is 0 Å². The van der Waals surface area contributed by atoms with Crippen LogP contribution < -0.4 is 5.32 Å². The van der Waals surface area contributed by atoms with Crippen molar-refractivity contribution in [2.45, 2.75) is 78.7 Å². The Morgan fingerprint density at radius 1 is 1.21 bits per heavy atom. The van der Waals surface area contributed by atoms with E-state index in [2.05, 4.69) is 41.4 Å². The minimum absolute atomic E-state index is 0.0791. The van der Waals surface area contributed by atoms with E-state index in [1.165, 1.54) is 11.3 Å². The zero-order chi connectivity index (χ0) is 25.0. The van der Waals surface area contributed by atoms with Gasteiger partial charge in [-0.2, -0.15) is 0 Å². The van der Waals surface area contributed by atoms with Crippen LogP contribution >= 0.6 is 11.3 Å². The number of anilines is 1. The topological polar surface area (TPSA) is 110 Å². The SMILES string of the molecule is CC(C)=NOC(C)C(=O)N1CCC(c2nc(C)ccc2C(=O)Nc2nnc(C(C)(C)C)s2)CC1. The molecule has 1 saturated heterocycles. The van der Waals surface area contributed by atoms with Gasteiger partial charge in [0.1, 0.15) is 5.01 Å². The van der Waals surface area contributed by atoms with Gasteiger partial charge in [0.15, 0.2) is 0 Å². The van der Waals surface area contributed by atoms with Crippen molar-refractivity contribution >= 4 is 34.0 Å². The molecule has 0 spiro atoms. The molecule has 0 aliphatic carbocycles. The number of nitrogens with zero attached hydrogens (tertiary/aromatic N) is 5. The molecule has 1 aliphatic rings. The lowest BCUT2D eigenvalue weighted by Crippen LogP contribution is -2.43.